The maximum Gasteiger partial charge on any atom is 0.273 e. The number of carbonyl (C=O) groups is 2. The Hall–Kier alpha value is -2.57. The maximum atomic E-state index is 12.4. The molecule has 0 aliphatic carbocycles. The number of anilines is 1. The van der Waals surface area contributed by atoms with Gasteiger partial charge in [0.2, 0.25) is 11.0 Å². The second kappa shape index (κ2) is 9.76. The highest BCUT2D eigenvalue weighted by atomic mass is 32.2. The SMILES string of the molecule is Cc1c(C(=O)Nc2nnc(SCC(=O)NCC3CCCO3)s2)cccc1[N+](=O)[O-]. The summed E-state index contributed by atoms with van der Waals surface area (Å²) in [6, 6.07) is 4.30. The van der Waals surface area contributed by atoms with E-state index in [1.165, 1.54) is 36.9 Å². The van der Waals surface area contributed by atoms with Gasteiger partial charge in [-0.2, -0.15) is 0 Å². The van der Waals surface area contributed by atoms with Crippen LogP contribution in [0.3, 0.4) is 0 Å². The van der Waals surface area contributed by atoms with Gasteiger partial charge in [0.15, 0.2) is 4.34 Å². The smallest absolute Gasteiger partial charge is 0.273 e. The van der Waals surface area contributed by atoms with Crippen LogP contribution in [0.15, 0.2) is 22.5 Å². The molecule has 0 saturated carbocycles. The van der Waals surface area contributed by atoms with Crippen molar-refractivity contribution in [2.45, 2.75) is 30.2 Å². The van der Waals surface area contributed by atoms with E-state index in [0.717, 1.165) is 30.8 Å². The van der Waals surface area contributed by atoms with E-state index in [9.17, 15) is 19.7 Å². The highest BCUT2D eigenvalue weighted by Gasteiger charge is 2.20. The van der Waals surface area contributed by atoms with E-state index < -0.39 is 10.8 Å². The molecule has 1 aliphatic rings. The Morgan fingerprint density at radius 2 is 2.24 bits per heavy atom. The fraction of sp³-hybridized carbons (Fsp3) is 0.412. The van der Waals surface area contributed by atoms with E-state index in [4.69, 9.17) is 4.74 Å². The third-order valence-corrected chi connectivity index (χ3v) is 6.22. The minimum atomic E-state index is -0.532. The van der Waals surface area contributed by atoms with Gasteiger partial charge < -0.3 is 10.1 Å². The molecule has 10 nitrogen and oxygen atoms in total. The second-order valence-electron chi connectivity index (χ2n) is 6.26. The van der Waals surface area contributed by atoms with E-state index in [2.05, 4.69) is 20.8 Å². The predicted molar refractivity (Wildman–Crippen MR) is 108 cm³/mol. The fourth-order valence-electron chi connectivity index (χ4n) is 2.76. The quantitative estimate of drug-likeness (QED) is 0.278. The van der Waals surface area contributed by atoms with E-state index in [0.29, 0.717) is 10.9 Å². The summed E-state index contributed by atoms with van der Waals surface area (Å²) in [4.78, 5) is 34.8. The number of nitro groups is 1. The lowest BCUT2D eigenvalue weighted by atomic mass is 10.1. The van der Waals surface area contributed by atoms with Crippen LogP contribution in [0.4, 0.5) is 10.8 Å². The van der Waals surface area contributed by atoms with Crippen molar-refractivity contribution in [3.63, 3.8) is 0 Å². The number of rotatable bonds is 8. The van der Waals surface area contributed by atoms with Crippen molar-refractivity contribution in [3.05, 3.63) is 39.4 Å². The van der Waals surface area contributed by atoms with E-state index in [-0.39, 0.29) is 39.7 Å². The molecule has 1 atom stereocenters. The van der Waals surface area contributed by atoms with Crippen LogP contribution in [0.2, 0.25) is 0 Å². The molecular formula is C17H19N5O5S2. The van der Waals surface area contributed by atoms with Gasteiger partial charge in [0, 0.05) is 30.3 Å². The van der Waals surface area contributed by atoms with Crippen molar-refractivity contribution in [3.8, 4) is 0 Å². The molecule has 1 aromatic heterocycles. The lowest BCUT2D eigenvalue weighted by Gasteiger charge is -2.09. The standard InChI is InChI=1S/C17H19N5O5S2/c1-10-12(5-2-6-13(10)22(25)26)15(24)19-16-20-21-17(29-16)28-9-14(23)18-8-11-4-3-7-27-11/h2,5-6,11H,3-4,7-9H2,1H3,(H,18,23)(H,19,20,24). The number of carbonyl (C=O) groups excluding carboxylic acids is 2. The molecule has 1 saturated heterocycles. The van der Waals surface area contributed by atoms with Crippen molar-refractivity contribution in [1.29, 1.82) is 0 Å². The molecule has 2 N–H and O–H groups in total. The van der Waals surface area contributed by atoms with Crippen molar-refractivity contribution in [2.24, 2.45) is 0 Å². The molecule has 0 bridgehead atoms. The number of nitrogens with one attached hydrogen (secondary N) is 2. The van der Waals surface area contributed by atoms with E-state index >= 15 is 0 Å². The highest BCUT2D eigenvalue weighted by Crippen LogP contribution is 2.27. The largest absolute Gasteiger partial charge is 0.376 e. The number of ether oxygens (including phenoxy) is 1. The van der Waals surface area contributed by atoms with Crippen LogP contribution < -0.4 is 10.6 Å². The summed E-state index contributed by atoms with van der Waals surface area (Å²) < 4.78 is 5.98. The molecule has 0 radical (unpaired) electrons. The normalized spacial score (nSPS) is 15.8. The molecule has 1 aliphatic heterocycles. The summed E-state index contributed by atoms with van der Waals surface area (Å²) in [7, 11) is 0. The molecule has 12 heteroatoms. The monoisotopic (exact) mass is 437 g/mol. The molecule has 29 heavy (non-hydrogen) atoms. The van der Waals surface area contributed by atoms with Crippen molar-refractivity contribution in [1.82, 2.24) is 15.5 Å². The zero-order valence-corrected chi connectivity index (χ0v) is 17.2. The van der Waals surface area contributed by atoms with Gasteiger partial charge in [-0.05, 0) is 25.8 Å². The zero-order chi connectivity index (χ0) is 20.8. The minimum absolute atomic E-state index is 0.0876. The van der Waals surface area contributed by atoms with Crippen molar-refractivity contribution >= 4 is 45.7 Å². The van der Waals surface area contributed by atoms with Crippen LogP contribution in [-0.2, 0) is 9.53 Å². The number of amides is 2. The fourth-order valence-corrected chi connectivity index (χ4v) is 4.34. The summed E-state index contributed by atoms with van der Waals surface area (Å²) in [6.45, 7) is 2.76. The number of nitro benzene ring substituents is 1. The van der Waals surface area contributed by atoms with Gasteiger partial charge >= 0.3 is 0 Å². The first-order valence-electron chi connectivity index (χ1n) is 8.84. The van der Waals surface area contributed by atoms with Crippen molar-refractivity contribution < 1.29 is 19.2 Å². The maximum absolute atomic E-state index is 12.4. The topological polar surface area (TPSA) is 136 Å². The molecule has 2 amide bonds. The number of benzene rings is 1. The van der Waals surface area contributed by atoms with Crippen LogP contribution in [-0.4, -0.2) is 51.9 Å². The Morgan fingerprint density at radius 3 is 2.97 bits per heavy atom. The number of aromatic nitrogens is 2. The zero-order valence-electron chi connectivity index (χ0n) is 15.5. The molecule has 2 aromatic rings. The van der Waals surface area contributed by atoms with Gasteiger partial charge in [0.05, 0.1) is 16.8 Å². The molecule has 3 rings (SSSR count). The Labute approximate surface area is 174 Å². The summed E-state index contributed by atoms with van der Waals surface area (Å²) in [5.41, 5.74) is 0.342. The number of thioether (sulfide) groups is 1. The van der Waals surface area contributed by atoms with Crippen molar-refractivity contribution in [2.75, 3.05) is 24.2 Å². The molecule has 1 fully saturated rings. The van der Waals surface area contributed by atoms with Gasteiger partial charge in [-0.1, -0.05) is 29.2 Å². The highest BCUT2D eigenvalue weighted by molar-refractivity contribution is 8.01. The molecular weight excluding hydrogens is 418 g/mol. The number of hydrogen-bond acceptors (Lipinski definition) is 9. The Morgan fingerprint density at radius 1 is 1.41 bits per heavy atom. The minimum Gasteiger partial charge on any atom is -0.376 e. The summed E-state index contributed by atoms with van der Waals surface area (Å²) >= 11 is 2.34. The third-order valence-electron chi connectivity index (χ3n) is 4.25. The van der Waals surface area contributed by atoms with Crippen LogP contribution in [0.5, 0.6) is 0 Å². The van der Waals surface area contributed by atoms with Gasteiger partial charge in [0.1, 0.15) is 0 Å². The van der Waals surface area contributed by atoms with Gasteiger partial charge in [-0.25, -0.2) is 0 Å². The lowest BCUT2D eigenvalue weighted by molar-refractivity contribution is -0.385. The van der Waals surface area contributed by atoms with Crippen LogP contribution >= 0.6 is 23.1 Å². The Kier molecular flexibility index (Phi) is 7.12. The Balaban J connectivity index is 1.51. The molecule has 1 unspecified atom stereocenters. The average Bonchev–Trinajstić information content (AvgIpc) is 3.36. The van der Waals surface area contributed by atoms with Gasteiger partial charge in [-0.15, -0.1) is 10.2 Å². The third kappa shape index (κ3) is 5.71. The predicted octanol–water partition coefficient (Wildman–Crippen LogP) is 2.39. The molecule has 0 spiro atoms. The van der Waals surface area contributed by atoms with Gasteiger partial charge in [-0.3, -0.25) is 25.0 Å². The van der Waals surface area contributed by atoms with Crippen LogP contribution in [0, 0.1) is 17.0 Å². The first-order valence-corrected chi connectivity index (χ1v) is 10.6. The summed E-state index contributed by atoms with van der Waals surface area (Å²) in [5.74, 6) is -0.453. The lowest BCUT2D eigenvalue weighted by Crippen LogP contribution is -2.32. The average molecular weight is 438 g/mol. The second-order valence-corrected chi connectivity index (χ2v) is 8.46. The number of nitrogens with zero attached hydrogens (tertiary/aromatic N) is 3. The first-order chi connectivity index (χ1) is 13.9. The molecule has 154 valence electrons. The van der Waals surface area contributed by atoms with E-state index in [1.807, 2.05) is 0 Å². The summed E-state index contributed by atoms with van der Waals surface area (Å²) in [5, 5.41) is 24.5. The molecule has 1 aromatic carbocycles. The first kappa shape index (κ1) is 21.1. The summed E-state index contributed by atoms with van der Waals surface area (Å²) in [6.07, 6.45) is 2.06. The van der Waals surface area contributed by atoms with E-state index in [1.54, 1.807) is 0 Å². The van der Waals surface area contributed by atoms with Gasteiger partial charge in [0.25, 0.3) is 11.6 Å². The van der Waals surface area contributed by atoms with Crippen LogP contribution in [0.1, 0.15) is 28.8 Å². The van der Waals surface area contributed by atoms with Crippen LogP contribution in [0.25, 0.3) is 0 Å². The Bertz CT molecular complexity index is 913. The molecule has 2 heterocycles. The number of hydrogen-bond donors (Lipinski definition) is 2.